The average molecular weight is 207 g/mol. The van der Waals surface area contributed by atoms with Gasteiger partial charge in [0.25, 0.3) is 0 Å². The summed E-state index contributed by atoms with van der Waals surface area (Å²) in [7, 11) is 1.73. The lowest BCUT2D eigenvalue weighted by Crippen LogP contribution is -2.20. The topological polar surface area (TPSA) is 66.5 Å². The maximum atomic E-state index is 13.5. The molecule has 1 atom stereocenters. The van der Waals surface area contributed by atoms with Crippen LogP contribution in [0.2, 0.25) is 0 Å². The van der Waals surface area contributed by atoms with Crippen molar-refractivity contribution in [3.8, 4) is 0 Å². The lowest BCUT2D eigenvalue weighted by atomic mass is 10.1. The van der Waals surface area contributed by atoms with E-state index in [4.69, 9.17) is 0 Å². The number of rotatable bonds is 3. The highest BCUT2D eigenvalue weighted by molar-refractivity contribution is 5.23. The van der Waals surface area contributed by atoms with Crippen LogP contribution in [0.4, 0.5) is 4.39 Å². The maximum Gasteiger partial charge on any atom is 0.146 e. The molecule has 6 heteroatoms. The zero-order valence-corrected chi connectivity index (χ0v) is 8.11. The number of aromatic nitrogens is 4. The van der Waals surface area contributed by atoms with E-state index in [1.54, 1.807) is 19.3 Å². The van der Waals surface area contributed by atoms with E-state index < -0.39 is 0 Å². The molecule has 0 saturated heterocycles. The Morgan fingerprint density at radius 2 is 2.40 bits per heavy atom. The first-order valence-electron chi connectivity index (χ1n) is 4.45. The first kappa shape index (κ1) is 9.72. The van der Waals surface area contributed by atoms with E-state index in [0.717, 1.165) is 0 Å². The number of nitrogens with one attached hydrogen (secondary N) is 2. The van der Waals surface area contributed by atoms with Gasteiger partial charge in [-0.3, -0.25) is 10.1 Å². The molecular formula is C9H10FN5. The Hall–Kier alpha value is -1.82. The van der Waals surface area contributed by atoms with Gasteiger partial charge in [0.15, 0.2) is 0 Å². The molecule has 0 aromatic carbocycles. The molecule has 5 nitrogen and oxygen atoms in total. The normalized spacial score (nSPS) is 12.7. The third-order valence-electron chi connectivity index (χ3n) is 2.11. The average Bonchev–Trinajstić information content (AvgIpc) is 2.75. The molecule has 2 aromatic heterocycles. The van der Waals surface area contributed by atoms with Gasteiger partial charge in [-0.25, -0.2) is 9.37 Å². The second kappa shape index (κ2) is 4.14. The molecular weight excluding hydrogens is 197 g/mol. The number of H-pyrrole nitrogens is 1. The van der Waals surface area contributed by atoms with Gasteiger partial charge < -0.3 is 5.32 Å². The summed E-state index contributed by atoms with van der Waals surface area (Å²) in [5, 5.41) is 9.40. The Bertz CT molecular complexity index is 428. The standard InChI is InChI=1S/C9H10FN5/c1-11-8(9-13-5-14-15-9)6-2-3-12-4-7(6)10/h2-5,8,11H,1H3,(H,13,14,15). The molecule has 0 spiro atoms. The van der Waals surface area contributed by atoms with Gasteiger partial charge in [-0.05, 0) is 13.1 Å². The summed E-state index contributed by atoms with van der Waals surface area (Å²) < 4.78 is 13.5. The highest BCUT2D eigenvalue weighted by Gasteiger charge is 2.18. The Balaban J connectivity index is 2.40. The van der Waals surface area contributed by atoms with Crippen molar-refractivity contribution in [2.45, 2.75) is 6.04 Å². The number of hydrogen-bond donors (Lipinski definition) is 2. The number of halogens is 1. The van der Waals surface area contributed by atoms with Crippen molar-refractivity contribution in [2.75, 3.05) is 7.05 Å². The van der Waals surface area contributed by atoms with Crippen LogP contribution in [0.15, 0.2) is 24.8 Å². The highest BCUT2D eigenvalue weighted by atomic mass is 19.1. The van der Waals surface area contributed by atoms with Crippen LogP contribution < -0.4 is 5.32 Å². The third-order valence-corrected chi connectivity index (χ3v) is 2.11. The monoisotopic (exact) mass is 207 g/mol. The SMILES string of the molecule is CNC(c1ncn[nH]1)c1ccncc1F. The summed E-state index contributed by atoms with van der Waals surface area (Å²) in [6.45, 7) is 0. The Kier molecular flexibility index (Phi) is 2.68. The molecule has 0 fully saturated rings. The first-order valence-corrected chi connectivity index (χ1v) is 4.45. The van der Waals surface area contributed by atoms with Gasteiger partial charge in [-0.15, -0.1) is 0 Å². The lowest BCUT2D eigenvalue weighted by Gasteiger charge is -2.13. The largest absolute Gasteiger partial charge is 0.307 e. The van der Waals surface area contributed by atoms with E-state index in [9.17, 15) is 4.39 Å². The van der Waals surface area contributed by atoms with Crippen molar-refractivity contribution in [2.24, 2.45) is 0 Å². The van der Waals surface area contributed by atoms with Crippen molar-refractivity contribution >= 4 is 0 Å². The molecule has 15 heavy (non-hydrogen) atoms. The molecule has 2 rings (SSSR count). The fourth-order valence-electron chi connectivity index (χ4n) is 1.41. The molecule has 0 aliphatic heterocycles. The van der Waals surface area contributed by atoms with E-state index in [0.29, 0.717) is 11.4 Å². The van der Waals surface area contributed by atoms with Crippen molar-refractivity contribution in [1.29, 1.82) is 0 Å². The summed E-state index contributed by atoms with van der Waals surface area (Å²) in [4.78, 5) is 7.68. The third kappa shape index (κ3) is 1.84. The predicted molar refractivity (Wildman–Crippen MR) is 51.5 cm³/mol. The summed E-state index contributed by atoms with van der Waals surface area (Å²) in [6.07, 6.45) is 4.11. The zero-order chi connectivity index (χ0) is 10.7. The zero-order valence-electron chi connectivity index (χ0n) is 8.11. The number of aromatic amines is 1. The van der Waals surface area contributed by atoms with Crippen LogP contribution in [0.1, 0.15) is 17.4 Å². The van der Waals surface area contributed by atoms with Crippen molar-refractivity contribution < 1.29 is 4.39 Å². The Morgan fingerprint density at radius 3 is 3.00 bits per heavy atom. The minimum absolute atomic E-state index is 0.338. The molecule has 78 valence electrons. The van der Waals surface area contributed by atoms with E-state index in [1.807, 2.05) is 0 Å². The maximum absolute atomic E-state index is 13.5. The molecule has 0 amide bonds. The molecule has 1 unspecified atom stereocenters. The molecule has 0 aliphatic rings. The Labute approximate surface area is 85.8 Å². The molecule has 2 N–H and O–H groups in total. The van der Waals surface area contributed by atoms with Crippen LogP contribution >= 0.6 is 0 Å². The molecule has 0 radical (unpaired) electrons. The minimum atomic E-state index is -0.367. The van der Waals surface area contributed by atoms with Gasteiger partial charge >= 0.3 is 0 Å². The van der Waals surface area contributed by atoms with Gasteiger partial charge in [0.1, 0.15) is 18.0 Å². The predicted octanol–water partition coefficient (Wildman–Crippen LogP) is 0.648. The van der Waals surface area contributed by atoms with E-state index in [-0.39, 0.29) is 11.9 Å². The van der Waals surface area contributed by atoms with Crippen LogP contribution in [0.3, 0.4) is 0 Å². The van der Waals surface area contributed by atoms with Crippen LogP contribution in [-0.4, -0.2) is 27.2 Å². The van der Waals surface area contributed by atoms with E-state index in [2.05, 4.69) is 25.5 Å². The van der Waals surface area contributed by atoms with Gasteiger partial charge in [-0.2, -0.15) is 5.10 Å². The van der Waals surface area contributed by atoms with Crippen molar-refractivity contribution in [3.05, 3.63) is 42.0 Å². The van der Waals surface area contributed by atoms with E-state index in [1.165, 1.54) is 12.5 Å². The Morgan fingerprint density at radius 1 is 1.53 bits per heavy atom. The first-order chi connectivity index (χ1) is 7.33. The number of pyridine rings is 1. The van der Waals surface area contributed by atoms with Crippen LogP contribution in [0, 0.1) is 5.82 Å². The van der Waals surface area contributed by atoms with Gasteiger partial charge in [0, 0.05) is 11.8 Å². The lowest BCUT2D eigenvalue weighted by molar-refractivity contribution is 0.559. The van der Waals surface area contributed by atoms with E-state index >= 15 is 0 Å². The fourth-order valence-corrected chi connectivity index (χ4v) is 1.41. The smallest absolute Gasteiger partial charge is 0.146 e. The number of hydrogen-bond acceptors (Lipinski definition) is 4. The van der Waals surface area contributed by atoms with Gasteiger partial charge in [0.2, 0.25) is 0 Å². The molecule has 2 aromatic rings. The summed E-state index contributed by atoms with van der Waals surface area (Å²) in [5.41, 5.74) is 0.490. The fraction of sp³-hybridized carbons (Fsp3) is 0.222. The van der Waals surface area contributed by atoms with Crippen molar-refractivity contribution in [3.63, 3.8) is 0 Å². The molecule has 0 bridgehead atoms. The van der Waals surface area contributed by atoms with Crippen LogP contribution in [0.5, 0.6) is 0 Å². The molecule has 2 heterocycles. The molecule has 0 saturated carbocycles. The second-order valence-corrected chi connectivity index (χ2v) is 2.99. The van der Waals surface area contributed by atoms with Crippen LogP contribution in [-0.2, 0) is 0 Å². The summed E-state index contributed by atoms with van der Waals surface area (Å²) in [5.74, 6) is 0.204. The van der Waals surface area contributed by atoms with Crippen LogP contribution in [0.25, 0.3) is 0 Å². The van der Waals surface area contributed by atoms with Gasteiger partial charge in [0.05, 0.1) is 12.2 Å². The van der Waals surface area contributed by atoms with Crippen molar-refractivity contribution in [1.82, 2.24) is 25.5 Å². The molecule has 0 aliphatic carbocycles. The second-order valence-electron chi connectivity index (χ2n) is 2.99. The highest BCUT2D eigenvalue weighted by Crippen LogP contribution is 2.19. The minimum Gasteiger partial charge on any atom is -0.307 e. The summed E-state index contributed by atoms with van der Waals surface area (Å²) >= 11 is 0. The van der Waals surface area contributed by atoms with Gasteiger partial charge in [-0.1, -0.05) is 0 Å². The number of nitrogens with zero attached hydrogens (tertiary/aromatic N) is 3. The summed E-state index contributed by atoms with van der Waals surface area (Å²) in [6, 6.07) is 1.27. The quantitative estimate of drug-likeness (QED) is 0.775.